The Labute approximate surface area is 132 Å². The first-order valence-electron chi connectivity index (χ1n) is 8.31. The molecule has 1 atom stereocenters. The molecule has 1 saturated heterocycles. The summed E-state index contributed by atoms with van der Waals surface area (Å²) in [6, 6.07) is 8.91. The third-order valence-corrected chi connectivity index (χ3v) is 4.64. The van der Waals surface area contributed by atoms with E-state index in [1.807, 2.05) is 18.2 Å². The normalized spacial score (nSPS) is 18.9. The smallest absolute Gasteiger partial charge is 0.201 e. The first-order chi connectivity index (χ1) is 10.6. The zero-order valence-corrected chi connectivity index (χ0v) is 13.5. The van der Waals surface area contributed by atoms with Gasteiger partial charge >= 0.3 is 0 Å². The van der Waals surface area contributed by atoms with E-state index in [1.165, 1.54) is 0 Å². The van der Waals surface area contributed by atoms with Gasteiger partial charge in [-0.15, -0.1) is 0 Å². The van der Waals surface area contributed by atoms with E-state index in [0.717, 1.165) is 49.5 Å². The van der Waals surface area contributed by atoms with Crippen molar-refractivity contribution >= 4 is 17.0 Å². The van der Waals surface area contributed by atoms with Gasteiger partial charge in [0.1, 0.15) is 0 Å². The molecule has 0 aliphatic carbocycles. The molecule has 3 rings (SSSR count). The number of para-hydroxylation sites is 2. The van der Waals surface area contributed by atoms with Gasteiger partial charge in [0.15, 0.2) is 0 Å². The minimum atomic E-state index is 0.278. The number of aromatic nitrogens is 2. The second kappa shape index (κ2) is 6.67. The second-order valence-electron chi connectivity index (χ2n) is 6.73. The molecule has 1 fully saturated rings. The number of H-pyrrole nitrogens is 1. The molecule has 1 aliphatic heterocycles. The molecule has 5 heteroatoms. The second-order valence-corrected chi connectivity index (χ2v) is 6.73. The number of imidazole rings is 1. The van der Waals surface area contributed by atoms with Gasteiger partial charge in [-0.2, -0.15) is 0 Å². The molecule has 0 amide bonds. The number of aromatic amines is 1. The number of rotatable bonds is 5. The molecular weight excluding hydrogens is 274 g/mol. The third-order valence-electron chi connectivity index (χ3n) is 4.64. The Hall–Kier alpha value is -1.59. The lowest BCUT2D eigenvalue weighted by Crippen LogP contribution is -2.46. The number of nitrogens with two attached hydrogens (primary N) is 1. The SMILES string of the molecule is CC(C)C(N)CN1CCC(Nc2nc3ccccc3[nH]2)CC1. The van der Waals surface area contributed by atoms with E-state index in [0.29, 0.717) is 12.0 Å². The van der Waals surface area contributed by atoms with Crippen LogP contribution in [-0.2, 0) is 0 Å². The number of fused-ring (bicyclic) bond motifs is 1. The molecule has 2 aromatic rings. The summed E-state index contributed by atoms with van der Waals surface area (Å²) in [5.74, 6) is 1.44. The van der Waals surface area contributed by atoms with Gasteiger partial charge in [0, 0.05) is 31.7 Å². The number of anilines is 1. The number of piperidine rings is 1. The van der Waals surface area contributed by atoms with E-state index in [-0.39, 0.29) is 6.04 Å². The highest BCUT2D eigenvalue weighted by Gasteiger charge is 2.22. The van der Waals surface area contributed by atoms with Gasteiger partial charge in [-0.25, -0.2) is 4.98 Å². The van der Waals surface area contributed by atoms with E-state index in [9.17, 15) is 0 Å². The van der Waals surface area contributed by atoms with Crippen molar-refractivity contribution in [2.75, 3.05) is 25.0 Å². The molecule has 1 unspecified atom stereocenters. The Kier molecular flexibility index (Phi) is 4.64. The lowest BCUT2D eigenvalue weighted by Gasteiger charge is -2.34. The molecule has 0 spiro atoms. The fourth-order valence-electron chi connectivity index (χ4n) is 2.98. The van der Waals surface area contributed by atoms with Crippen molar-refractivity contribution in [3.8, 4) is 0 Å². The maximum Gasteiger partial charge on any atom is 0.201 e. The monoisotopic (exact) mass is 301 g/mol. The zero-order chi connectivity index (χ0) is 15.5. The predicted octanol–water partition coefficient (Wildman–Crippen LogP) is 2.42. The van der Waals surface area contributed by atoms with E-state index in [4.69, 9.17) is 5.73 Å². The maximum absolute atomic E-state index is 6.18. The molecule has 120 valence electrons. The molecule has 0 bridgehead atoms. The van der Waals surface area contributed by atoms with Crippen LogP contribution in [0.1, 0.15) is 26.7 Å². The average Bonchev–Trinajstić information content (AvgIpc) is 2.91. The summed E-state index contributed by atoms with van der Waals surface area (Å²) in [6.45, 7) is 7.62. The van der Waals surface area contributed by atoms with Crippen LogP contribution >= 0.6 is 0 Å². The molecule has 22 heavy (non-hydrogen) atoms. The van der Waals surface area contributed by atoms with Crippen LogP contribution in [0.25, 0.3) is 11.0 Å². The van der Waals surface area contributed by atoms with Crippen LogP contribution in [-0.4, -0.2) is 46.6 Å². The van der Waals surface area contributed by atoms with E-state index < -0.39 is 0 Å². The van der Waals surface area contributed by atoms with Gasteiger partial charge in [-0.3, -0.25) is 0 Å². The number of nitrogens with zero attached hydrogens (tertiary/aromatic N) is 2. The van der Waals surface area contributed by atoms with E-state index >= 15 is 0 Å². The molecule has 1 aromatic heterocycles. The van der Waals surface area contributed by atoms with Crippen LogP contribution in [0.15, 0.2) is 24.3 Å². The molecule has 0 radical (unpaired) electrons. The third kappa shape index (κ3) is 3.59. The molecule has 4 N–H and O–H groups in total. The zero-order valence-electron chi connectivity index (χ0n) is 13.5. The molecule has 0 saturated carbocycles. The van der Waals surface area contributed by atoms with Gasteiger partial charge < -0.3 is 20.9 Å². The lowest BCUT2D eigenvalue weighted by molar-refractivity contribution is 0.194. The van der Waals surface area contributed by atoms with Crippen molar-refractivity contribution in [2.45, 2.75) is 38.8 Å². The summed E-state index contributed by atoms with van der Waals surface area (Å²) in [5.41, 5.74) is 8.28. The van der Waals surface area contributed by atoms with Gasteiger partial charge in [-0.1, -0.05) is 26.0 Å². The Morgan fingerprint density at radius 2 is 2.05 bits per heavy atom. The maximum atomic E-state index is 6.18. The predicted molar refractivity (Wildman–Crippen MR) is 92.0 cm³/mol. The van der Waals surface area contributed by atoms with Crippen LogP contribution in [0.3, 0.4) is 0 Å². The fourth-order valence-corrected chi connectivity index (χ4v) is 2.98. The van der Waals surface area contributed by atoms with Crippen molar-refractivity contribution in [1.29, 1.82) is 0 Å². The van der Waals surface area contributed by atoms with Crippen molar-refractivity contribution in [3.63, 3.8) is 0 Å². The Balaban J connectivity index is 1.51. The Morgan fingerprint density at radius 1 is 1.32 bits per heavy atom. The molecular formula is C17H27N5. The minimum Gasteiger partial charge on any atom is -0.353 e. The summed E-state index contributed by atoms with van der Waals surface area (Å²) >= 11 is 0. The number of likely N-dealkylation sites (tertiary alicyclic amines) is 1. The summed E-state index contributed by atoms with van der Waals surface area (Å²) in [7, 11) is 0. The molecule has 5 nitrogen and oxygen atoms in total. The Bertz CT molecular complexity index is 565. The quantitative estimate of drug-likeness (QED) is 0.793. The lowest BCUT2D eigenvalue weighted by atomic mass is 10.0. The topological polar surface area (TPSA) is 70.0 Å². The van der Waals surface area contributed by atoms with Gasteiger partial charge in [0.25, 0.3) is 0 Å². The van der Waals surface area contributed by atoms with Gasteiger partial charge in [0.05, 0.1) is 11.0 Å². The molecule has 1 aliphatic rings. The number of hydrogen-bond donors (Lipinski definition) is 3. The van der Waals surface area contributed by atoms with Crippen LogP contribution < -0.4 is 11.1 Å². The van der Waals surface area contributed by atoms with Crippen LogP contribution in [0.5, 0.6) is 0 Å². The summed E-state index contributed by atoms with van der Waals surface area (Å²) in [6.07, 6.45) is 2.28. The highest BCUT2D eigenvalue weighted by molar-refractivity contribution is 5.77. The standard InChI is InChI=1S/C17H27N5/c1-12(2)14(18)11-22-9-7-13(8-10-22)19-17-20-15-5-3-4-6-16(15)21-17/h3-6,12-14H,7-11,18H2,1-2H3,(H2,19,20,21). The molecule has 2 heterocycles. The van der Waals surface area contributed by atoms with Crippen LogP contribution in [0.4, 0.5) is 5.95 Å². The van der Waals surface area contributed by atoms with Crippen molar-refractivity contribution in [3.05, 3.63) is 24.3 Å². The number of nitrogens with one attached hydrogen (secondary N) is 2. The minimum absolute atomic E-state index is 0.278. The summed E-state index contributed by atoms with van der Waals surface area (Å²) in [5, 5.41) is 3.54. The largest absolute Gasteiger partial charge is 0.353 e. The highest BCUT2D eigenvalue weighted by Crippen LogP contribution is 2.18. The van der Waals surface area contributed by atoms with Crippen molar-refractivity contribution < 1.29 is 0 Å². The fraction of sp³-hybridized carbons (Fsp3) is 0.588. The number of hydrogen-bond acceptors (Lipinski definition) is 4. The van der Waals surface area contributed by atoms with Crippen LogP contribution in [0, 0.1) is 5.92 Å². The van der Waals surface area contributed by atoms with E-state index in [1.54, 1.807) is 0 Å². The first-order valence-corrected chi connectivity index (χ1v) is 8.31. The molecule has 1 aromatic carbocycles. The summed E-state index contributed by atoms with van der Waals surface area (Å²) < 4.78 is 0. The van der Waals surface area contributed by atoms with Crippen molar-refractivity contribution in [1.82, 2.24) is 14.9 Å². The van der Waals surface area contributed by atoms with E-state index in [2.05, 4.69) is 40.1 Å². The van der Waals surface area contributed by atoms with Crippen LogP contribution in [0.2, 0.25) is 0 Å². The van der Waals surface area contributed by atoms with Gasteiger partial charge in [0.2, 0.25) is 5.95 Å². The summed E-state index contributed by atoms with van der Waals surface area (Å²) in [4.78, 5) is 10.4. The van der Waals surface area contributed by atoms with Crippen molar-refractivity contribution in [2.24, 2.45) is 11.7 Å². The number of benzene rings is 1. The highest BCUT2D eigenvalue weighted by atomic mass is 15.2. The first kappa shape index (κ1) is 15.3. The average molecular weight is 301 g/mol. The van der Waals surface area contributed by atoms with Gasteiger partial charge in [-0.05, 0) is 30.9 Å². The Morgan fingerprint density at radius 3 is 2.73 bits per heavy atom.